The SMILES string of the molecule is COc1ccc(F)c(F)c1C(=S)c1cnc(NC2CCC(S(=O)(=O)CCCN3CCOCC3)CC2)nc1N. The van der Waals surface area contributed by atoms with Crippen molar-refractivity contribution in [1.29, 1.82) is 0 Å². The van der Waals surface area contributed by atoms with Gasteiger partial charge in [0.25, 0.3) is 0 Å². The summed E-state index contributed by atoms with van der Waals surface area (Å²) in [4.78, 5) is 10.7. The Morgan fingerprint density at radius 1 is 1.24 bits per heavy atom. The number of sulfone groups is 1. The van der Waals surface area contributed by atoms with E-state index in [1.165, 1.54) is 19.4 Å². The molecule has 2 aromatic rings. The Labute approximate surface area is 227 Å². The van der Waals surface area contributed by atoms with Crippen molar-refractivity contribution >= 4 is 38.7 Å². The molecule has 1 saturated carbocycles. The number of nitrogens with two attached hydrogens (primary N) is 1. The first kappa shape index (κ1) is 28.5. The van der Waals surface area contributed by atoms with Crippen LogP contribution in [0.4, 0.5) is 20.5 Å². The van der Waals surface area contributed by atoms with Crippen LogP contribution in [0.1, 0.15) is 43.2 Å². The van der Waals surface area contributed by atoms with Gasteiger partial charge in [0.1, 0.15) is 11.6 Å². The molecule has 0 unspecified atom stereocenters. The molecule has 0 amide bonds. The van der Waals surface area contributed by atoms with Gasteiger partial charge >= 0.3 is 0 Å². The lowest BCUT2D eigenvalue weighted by atomic mass is 9.95. The van der Waals surface area contributed by atoms with Gasteiger partial charge in [-0.3, -0.25) is 4.90 Å². The molecule has 1 aliphatic carbocycles. The molecule has 208 valence electrons. The molecule has 13 heteroatoms. The van der Waals surface area contributed by atoms with Crippen LogP contribution in [-0.2, 0) is 14.6 Å². The molecule has 38 heavy (non-hydrogen) atoms. The normalized spacial score (nSPS) is 20.7. The van der Waals surface area contributed by atoms with Gasteiger partial charge in [-0.2, -0.15) is 4.98 Å². The lowest BCUT2D eigenvalue weighted by molar-refractivity contribution is 0.0381. The Bertz CT molecular complexity index is 1250. The van der Waals surface area contributed by atoms with E-state index in [1.807, 2.05) is 0 Å². The molecular weight excluding hydrogens is 536 g/mol. The van der Waals surface area contributed by atoms with E-state index in [1.54, 1.807) is 0 Å². The van der Waals surface area contributed by atoms with Crippen molar-refractivity contribution in [2.75, 3.05) is 56.8 Å². The van der Waals surface area contributed by atoms with Crippen molar-refractivity contribution in [2.45, 2.75) is 43.4 Å². The largest absolute Gasteiger partial charge is 0.496 e. The maximum Gasteiger partial charge on any atom is 0.224 e. The van der Waals surface area contributed by atoms with Crippen LogP contribution >= 0.6 is 12.2 Å². The molecule has 0 radical (unpaired) electrons. The first-order chi connectivity index (χ1) is 18.2. The third-order valence-electron chi connectivity index (χ3n) is 7.09. The van der Waals surface area contributed by atoms with Crippen LogP contribution in [0.25, 0.3) is 0 Å². The molecule has 4 rings (SSSR count). The summed E-state index contributed by atoms with van der Waals surface area (Å²) >= 11 is 5.36. The van der Waals surface area contributed by atoms with Gasteiger partial charge in [0.05, 0.1) is 47.3 Å². The first-order valence-electron chi connectivity index (χ1n) is 12.7. The third kappa shape index (κ3) is 6.74. The van der Waals surface area contributed by atoms with Crippen LogP contribution in [0.2, 0.25) is 0 Å². The van der Waals surface area contributed by atoms with Gasteiger partial charge in [0.15, 0.2) is 21.5 Å². The van der Waals surface area contributed by atoms with Crippen molar-refractivity contribution in [1.82, 2.24) is 14.9 Å². The predicted octanol–water partition coefficient (Wildman–Crippen LogP) is 2.97. The highest BCUT2D eigenvalue weighted by Crippen LogP contribution is 2.30. The number of thiocarbonyl (C=S) groups is 1. The van der Waals surface area contributed by atoms with Crippen molar-refractivity contribution in [3.05, 3.63) is 41.1 Å². The van der Waals surface area contributed by atoms with Crippen LogP contribution in [0.15, 0.2) is 18.3 Å². The third-order valence-corrected chi connectivity index (χ3v) is 9.86. The molecule has 9 nitrogen and oxygen atoms in total. The second-order valence-corrected chi connectivity index (χ2v) is 12.4. The van der Waals surface area contributed by atoms with E-state index >= 15 is 0 Å². The van der Waals surface area contributed by atoms with Crippen molar-refractivity contribution < 1.29 is 26.7 Å². The Hall–Kier alpha value is -2.48. The van der Waals surface area contributed by atoms with Gasteiger partial charge in [-0.1, -0.05) is 12.2 Å². The Kier molecular flexibility index (Phi) is 9.45. The van der Waals surface area contributed by atoms with E-state index in [-0.39, 0.29) is 50.6 Å². The lowest BCUT2D eigenvalue weighted by Gasteiger charge is -2.30. The average Bonchev–Trinajstić information content (AvgIpc) is 2.91. The van der Waals surface area contributed by atoms with Crippen molar-refractivity contribution in [3.63, 3.8) is 0 Å². The number of morpholine rings is 1. The van der Waals surface area contributed by atoms with Gasteiger partial charge in [-0.25, -0.2) is 22.2 Å². The average molecular weight is 570 g/mol. The number of ether oxygens (including phenoxy) is 2. The summed E-state index contributed by atoms with van der Waals surface area (Å²) in [5.74, 6) is -1.65. The summed E-state index contributed by atoms with van der Waals surface area (Å²) in [6.07, 6.45) is 4.43. The van der Waals surface area contributed by atoms with E-state index in [2.05, 4.69) is 20.2 Å². The molecule has 0 atom stereocenters. The lowest BCUT2D eigenvalue weighted by Crippen LogP contribution is -2.38. The number of halogens is 2. The van der Waals surface area contributed by atoms with E-state index in [9.17, 15) is 17.2 Å². The summed E-state index contributed by atoms with van der Waals surface area (Å²) in [5, 5.41) is 2.87. The Morgan fingerprint density at radius 2 is 1.95 bits per heavy atom. The smallest absolute Gasteiger partial charge is 0.224 e. The fraction of sp³-hybridized carbons (Fsp3) is 0.560. The van der Waals surface area contributed by atoms with Gasteiger partial charge in [0.2, 0.25) is 5.95 Å². The highest BCUT2D eigenvalue weighted by molar-refractivity contribution is 7.92. The minimum Gasteiger partial charge on any atom is -0.496 e. The fourth-order valence-electron chi connectivity index (χ4n) is 4.92. The van der Waals surface area contributed by atoms with Crippen LogP contribution in [0.3, 0.4) is 0 Å². The second kappa shape index (κ2) is 12.6. The zero-order valence-corrected chi connectivity index (χ0v) is 22.9. The first-order valence-corrected chi connectivity index (χ1v) is 14.8. The van der Waals surface area contributed by atoms with Gasteiger partial charge in [0, 0.05) is 25.3 Å². The molecular formula is C25H33F2N5O4S2. The van der Waals surface area contributed by atoms with Crippen LogP contribution in [0.5, 0.6) is 5.75 Å². The predicted molar refractivity (Wildman–Crippen MR) is 145 cm³/mol. The number of hydrogen-bond acceptors (Lipinski definition) is 10. The summed E-state index contributed by atoms with van der Waals surface area (Å²) in [7, 11) is -1.83. The number of rotatable bonds is 10. The number of aromatic nitrogens is 2. The number of benzene rings is 1. The molecule has 0 bridgehead atoms. The molecule has 2 heterocycles. The van der Waals surface area contributed by atoms with E-state index < -0.39 is 21.5 Å². The maximum absolute atomic E-state index is 14.5. The summed E-state index contributed by atoms with van der Waals surface area (Å²) in [5.41, 5.74) is 6.06. The maximum atomic E-state index is 14.5. The fourth-order valence-corrected chi connectivity index (χ4v) is 7.12. The van der Waals surface area contributed by atoms with E-state index in [4.69, 9.17) is 27.4 Å². The molecule has 0 spiro atoms. The highest BCUT2D eigenvalue weighted by Gasteiger charge is 2.31. The summed E-state index contributed by atoms with van der Waals surface area (Å²) < 4.78 is 64.5. The highest BCUT2D eigenvalue weighted by atomic mass is 32.2. The zero-order valence-electron chi connectivity index (χ0n) is 21.3. The van der Waals surface area contributed by atoms with Gasteiger partial charge in [-0.05, 0) is 50.8 Å². The number of nitrogens with zero attached hydrogens (tertiary/aromatic N) is 3. The van der Waals surface area contributed by atoms with Crippen LogP contribution in [-0.4, -0.2) is 85.2 Å². The molecule has 1 aromatic carbocycles. The second-order valence-electron chi connectivity index (χ2n) is 9.55. The number of nitrogen functional groups attached to an aromatic ring is 1. The molecule has 3 N–H and O–H groups in total. The Morgan fingerprint density at radius 3 is 2.61 bits per heavy atom. The molecule has 1 aliphatic heterocycles. The standard InChI is InChI=1S/C25H33F2N5O4S2/c1-35-20-8-7-19(26)22(27)21(20)23(37)18-15-29-25(31-24(18)28)30-16-3-5-17(6-4-16)38(33,34)14-2-9-32-10-12-36-13-11-32/h7-8,15-17H,2-6,9-14H2,1H3,(H3,28,29,30,31). The van der Waals surface area contributed by atoms with Gasteiger partial charge in [-0.15, -0.1) is 0 Å². The quantitative estimate of drug-likeness (QED) is 0.326. The number of methoxy groups -OCH3 is 1. The minimum atomic E-state index is -3.16. The number of nitrogens with one attached hydrogen (secondary N) is 1. The van der Waals surface area contributed by atoms with Gasteiger partial charge < -0.3 is 20.5 Å². The molecule has 2 fully saturated rings. The van der Waals surface area contributed by atoms with Crippen molar-refractivity contribution in [2.24, 2.45) is 0 Å². The van der Waals surface area contributed by atoms with E-state index in [0.717, 1.165) is 25.7 Å². The topological polar surface area (TPSA) is 120 Å². The van der Waals surface area contributed by atoms with Crippen molar-refractivity contribution in [3.8, 4) is 5.75 Å². The molecule has 2 aliphatic rings. The number of hydrogen-bond donors (Lipinski definition) is 2. The Balaban J connectivity index is 1.32. The van der Waals surface area contributed by atoms with E-state index in [0.29, 0.717) is 45.3 Å². The summed E-state index contributed by atoms with van der Waals surface area (Å²) in [6, 6.07) is 2.24. The number of anilines is 2. The van der Waals surface area contributed by atoms with Crippen LogP contribution in [0, 0.1) is 11.6 Å². The monoisotopic (exact) mass is 569 g/mol. The molecule has 1 saturated heterocycles. The zero-order chi connectivity index (χ0) is 27.3. The molecule has 1 aromatic heterocycles. The van der Waals surface area contributed by atoms with Crippen LogP contribution < -0.4 is 15.8 Å². The minimum absolute atomic E-state index is 0.00670. The summed E-state index contributed by atoms with van der Waals surface area (Å²) in [6.45, 7) is 3.89.